The van der Waals surface area contributed by atoms with Crippen molar-refractivity contribution in [2.24, 2.45) is 0 Å². The molecule has 1 aliphatic heterocycles. The molecule has 0 unspecified atom stereocenters. The number of rotatable bonds is 3. The molecule has 3 aromatic rings. The van der Waals surface area contributed by atoms with Crippen LogP contribution in [0.2, 0.25) is 0 Å². The van der Waals surface area contributed by atoms with Crippen molar-refractivity contribution in [3.63, 3.8) is 0 Å². The van der Waals surface area contributed by atoms with Gasteiger partial charge >= 0.3 is 0 Å². The van der Waals surface area contributed by atoms with Crippen molar-refractivity contribution in [1.29, 1.82) is 0 Å². The molecule has 1 aliphatic rings. The molecule has 4 nitrogen and oxygen atoms in total. The van der Waals surface area contributed by atoms with Gasteiger partial charge in [0.1, 0.15) is 11.9 Å². The Bertz CT molecular complexity index is 933. The minimum Gasteiger partial charge on any atom is -0.497 e. The molecule has 1 amide bonds. The number of fused-ring (bicyclic) bond motifs is 1. The van der Waals surface area contributed by atoms with E-state index in [1.54, 1.807) is 12.0 Å². The number of hydrogen-bond acceptors (Lipinski definition) is 3. The summed E-state index contributed by atoms with van der Waals surface area (Å²) < 4.78 is 5.25. The van der Waals surface area contributed by atoms with Crippen molar-refractivity contribution >= 4 is 17.3 Å². The lowest BCUT2D eigenvalue weighted by atomic mass is 10.0. The Balaban J connectivity index is 1.82. The zero-order chi connectivity index (χ0) is 18.1. The highest BCUT2D eigenvalue weighted by atomic mass is 16.5. The van der Waals surface area contributed by atoms with Crippen LogP contribution < -0.4 is 15.0 Å². The minimum absolute atomic E-state index is 0.0184. The molecule has 26 heavy (non-hydrogen) atoms. The zero-order valence-corrected chi connectivity index (χ0v) is 14.8. The number of para-hydroxylation sites is 1. The average Bonchev–Trinajstić information content (AvgIpc) is 2.69. The predicted octanol–water partition coefficient (Wildman–Crippen LogP) is 4.77. The molecule has 0 spiro atoms. The highest BCUT2D eigenvalue weighted by Crippen LogP contribution is 2.37. The van der Waals surface area contributed by atoms with Gasteiger partial charge in [0, 0.05) is 11.4 Å². The molecule has 1 heterocycles. The fourth-order valence-corrected chi connectivity index (χ4v) is 3.24. The van der Waals surface area contributed by atoms with Gasteiger partial charge in [0.25, 0.3) is 5.91 Å². The Labute approximate surface area is 153 Å². The van der Waals surface area contributed by atoms with Crippen LogP contribution in [-0.2, 0) is 0 Å². The number of nitrogens with zero attached hydrogens (tertiary/aromatic N) is 1. The van der Waals surface area contributed by atoms with Crippen LogP contribution in [0.4, 0.5) is 11.4 Å². The smallest absolute Gasteiger partial charge is 0.262 e. The molecular weight excluding hydrogens is 324 g/mol. The SMILES string of the molecule is COc1ccc(N2C(=O)c3ccccc3N[C@@H]2c2ccc(C)cc2)cc1. The van der Waals surface area contributed by atoms with Crippen LogP contribution in [0.3, 0.4) is 0 Å². The molecule has 0 saturated carbocycles. The summed E-state index contributed by atoms with van der Waals surface area (Å²) in [6.07, 6.45) is -0.272. The van der Waals surface area contributed by atoms with Gasteiger partial charge < -0.3 is 10.1 Å². The van der Waals surface area contributed by atoms with Crippen LogP contribution >= 0.6 is 0 Å². The maximum absolute atomic E-state index is 13.3. The highest BCUT2D eigenvalue weighted by Gasteiger charge is 2.33. The third-order valence-corrected chi connectivity index (χ3v) is 4.67. The average molecular weight is 344 g/mol. The lowest BCUT2D eigenvalue weighted by Crippen LogP contribution is -2.43. The maximum atomic E-state index is 13.3. The largest absolute Gasteiger partial charge is 0.497 e. The van der Waals surface area contributed by atoms with E-state index < -0.39 is 0 Å². The number of amides is 1. The Hall–Kier alpha value is -3.27. The Morgan fingerprint density at radius 3 is 2.31 bits per heavy atom. The van der Waals surface area contributed by atoms with Crippen molar-refractivity contribution in [3.8, 4) is 5.75 Å². The van der Waals surface area contributed by atoms with Gasteiger partial charge in [-0.3, -0.25) is 9.69 Å². The molecule has 0 bridgehead atoms. The Morgan fingerprint density at radius 1 is 0.923 bits per heavy atom. The standard InChI is InChI=1S/C22H20N2O2/c1-15-7-9-16(10-8-15)21-23-20-6-4-3-5-19(20)22(25)24(21)17-11-13-18(26-2)14-12-17/h3-14,21,23H,1-2H3/t21-/m0/s1. The van der Waals surface area contributed by atoms with E-state index in [4.69, 9.17) is 4.74 Å². The number of carbonyl (C=O) groups excluding carboxylic acids is 1. The quantitative estimate of drug-likeness (QED) is 0.744. The molecule has 130 valence electrons. The van der Waals surface area contributed by atoms with Crippen LogP contribution in [0.25, 0.3) is 0 Å². The number of carbonyl (C=O) groups is 1. The molecule has 3 aromatic carbocycles. The lowest BCUT2D eigenvalue weighted by molar-refractivity contribution is 0.0975. The molecule has 4 heteroatoms. The molecule has 0 saturated heterocycles. The summed E-state index contributed by atoms with van der Waals surface area (Å²) in [6.45, 7) is 2.06. The van der Waals surface area contributed by atoms with Gasteiger partial charge in [0.15, 0.2) is 0 Å². The van der Waals surface area contributed by atoms with Gasteiger partial charge in [0.05, 0.1) is 12.7 Å². The predicted molar refractivity (Wildman–Crippen MR) is 104 cm³/mol. The number of hydrogen-bond donors (Lipinski definition) is 1. The van der Waals surface area contributed by atoms with E-state index in [1.165, 1.54) is 5.56 Å². The summed E-state index contributed by atoms with van der Waals surface area (Å²) in [5.41, 5.74) is 4.57. The second kappa shape index (κ2) is 6.56. The van der Waals surface area contributed by atoms with Crippen molar-refractivity contribution in [3.05, 3.63) is 89.5 Å². The first-order valence-electron chi connectivity index (χ1n) is 8.57. The second-order valence-electron chi connectivity index (χ2n) is 6.38. The first kappa shape index (κ1) is 16.2. The monoisotopic (exact) mass is 344 g/mol. The Kier molecular flexibility index (Phi) is 4.09. The third kappa shape index (κ3) is 2.80. The normalized spacial score (nSPS) is 16.0. The maximum Gasteiger partial charge on any atom is 0.262 e. The van der Waals surface area contributed by atoms with Crippen molar-refractivity contribution < 1.29 is 9.53 Å². The summed E-state index contributed by atoms with van der Waals surface area (Å²) >= 11 is 0. The second-order valence-corrected chi connectivity index (χ2v) is 6.38. The van der Waals surface area contributed by atoms with Crippen LogP contribution in [0.15, 0.2) is 72.8 Å². The number of benzene rings is 3. The molecule has 0 radical (unpaired) electrons. The molecular formula is C22H20N2O2. The topological polar surface area (TPSA) is 41.6 Å². The van der Waals surface area contributed by atoms with Gasteiger partial charge in [-0.25, -0.2) is 0 Å². The van der Waals surface area contributed by atoms with E-state index in [2.05, 4.69) is 36.5 Å². The molecule has 0 aromatic heterocycles. The van der Waals surface area contributed by atoms with Gasteiger partial charge in [-0.15, -0.1) is 0 Å². The number of aryl methyl sites for hydroxylation is 1. The number of nitrogens with one attached hydrogen (secondary N) is 1. The fraction of sp³-hybridized carbons (Fsp3) is 0.136. The van der Waals surface area contributed by atoms with Crippen LogP contribution in [-0.4, -0.2) is 13.0 Å². The van der Waals surface area contributed by atoms with E-state index >= 15 is 0 Å². The molecule has 4 rings (SSSR count). The van der Waals surface area contributed by atoms with Crippen LogP contribution in [0, 0.1) is 6.92 Å². The molecule has 1 atom stereocenters. The highest BCUT2D eigenvalue weighted by molar-refractivity contribution is 6.12. The number of methoxy groups -OCH3 is 1. The third-order valence-electron chi connectivity index (χ3n) is 4.67. The van der Waals surface area contributed by atoms with E-state index in [-0.39, 0.29) is 12.1 Å². The Morgan fingerprint density at radius 2 is 1.62 bits per heavy atom. The number of anilines is 2. The van der Waals surface area contributed by atoms with E-state index in [9.17, 15) is 4.79 Å². The first-order valence-corrected chi connectivity index (χ1v) is 8.57. The summed E-state index contributed by atoms with van der Waals surface area (Å²) in [5.74, 6) is 0.744. The van der Waals surface area contributed by atoms with Gasteiger partial charge in [-0.1, -0.05) is 42.0 Å². The van der Waals surface area contributed by atoms with E-state index in [1.807, 2.05) is 48.5 Å². The molecule has 0 aliphatic carbocycles. The van der Waals surface area contributed by atoms with Gasteiger partial charge in [-0.2, -0.15) is 0 Å². The van der Waals surface area contributed by atoms with E-state index in [0.717, 1.165) is 22.7 Å². The first-order chi connectivity index (χ1) is 12.7. The van der Waals surface area contributed by atoms with Crippen molar-refractivity contribution in [2.75, 3.05) is 17.3 Å². The molecule has 0 fully saturated rings. The van der Waals surface area contributed by atoms with E-state index in [0.29, 0.717) is 5.56 Å². The minimum atomic E-state index is -0.272. The lowest BCUT2D eigenvalue weighted by Gasteiger charge is -2.38. The summed E-state index contributed by atoms with van der Waals surface area (Å²) in [4.78, 5) is 15.1. The van der Waals surface area contributed by atoms with Crippen molar-refractivity contribution in [2.45, 2.75) is 13.1 Å². The summed E-state index contributed by atoms with van der Waals surface area (Å²) in [6, 6.07) is 23.4. The van der Waals surface area contributed by atoms with Gasteiger partial charge in [0.2, 0.25) is 0 Å². The van der Waals surface area contributed by atoms with Crippen molar-refractivity contribution in [1.82, 2.24) is 0 Å². The summed E-state index contributed by atoms with van der Waals surface area (Å²) in [5, 5.41) is 3.51. The summed E-state index contributed by atoms with van der Waals surface area (Å²) in [7, 11) is 1.63. The molecule has 1 N–H and O–H groups in total. The van der Waals surface area contributed by atoms with Crippen LogP contribution in [0.5, 0.6) is 5.75 Å². The fourth-order valence-electron chi connectivity index (χ4n) is 3.24. The number of ether oxygens (including phenoxy) is 1. The van der Waals surface area contributed by atoms with Gasteiger partial charge in [-0.05, 0) is 48.9 Å². The van der Waals surface area contributed by atoms with Crippen LogP contribution in [0.1, 0.15) is 27.7 Å². The zero-order valence-electron chi connectivity index (χ0n) is 14.8.